The smallest absolute Gasteiger partial charge is 0.549 e. The number of aromatic nitrogens is 1. The van der Waals surface area contributed by atoms with Crippen molar-refractivity contribution >= 4 is 63.5 Å². The summed E-state index contributed by atoms with van der Waals surface area (Å²) in [4.78, 5) is 42.5. The third-order valence-corrected chi connectivity index (χ3v) is 9.28. The quantitative estimate of drug-likeness (QED) is 0.107. The monoisotopic (exact) mass is 509 g/mol. The van der Waals surface area contributed by atoms with Crippen molar-refractivity contribution in [2.24, 2.45) is 5.16 Å². The molecule has 1 aromatic heterocycles. The number of β-lactam (4-membered cyclic amide) rings is 1. The van der Waals surface area contributed by atoms with E-state index in [1.165, 1.54) is 33.8 Å². The number of thiazole rings is 1. The van der Waals surface area contributed by atoms with E-state index in [1.54, 1.807) is 0 Å². The van der Waals surface area contributed by atoms with E-state index >= 15 is 0 Å². The maximum atomic E-state index is 12.7. The number of aliphatic carboxylic acids is 1. The Labute approximate surface area is 218 Å². The van der Waals surface area contributed by atoms with E-state index in [9.17, 15) is 24.7 Å². The molecule has 15 heteroatoms. The zero-order valence-electron chi connectivity index (χ0n) is 17.2. The molecule has 0 saturated carbocycles. The number of fused-ring (bicyclic) bond motifs is 1. The van der Waals surface area contributed by atoms with E-state index in [1.807, 2.05) is 0 Å². The van der Waals surface area contributed by atoms with Crippen molar-refractivity contribution in [1.82, 2.24) is 15.2 Å². The summed E-state index contributed by atoms with van der Waals surface area (Å²) in [6, 6.07) is -0.854. The van der Waals surface area contributed by atoms with Gasteiger partial charge in [-0.05, 0) is 12.8 Å². The van der Waals surface area contributed by atoms with Gasteiger partial charge in [-0.15, -0.1) is 34.9 Å². The molecule has 0 aliphatic carbocycles. The Morgan fingerprint density at radius 1 is 1.53 bits per heavy atom. The van der Waals surface area contributed by atoms with Crippen LogP contribution in [0.2, 0.25) is 0 Å². The second-order valence-corrected chi connectivity index (χ2v) is 10.8. The van der Waals surface area contributed by atoms with Crippen molar-refractivity contribution in [2.45, 2.75) is 35.1 Å². The second kappa shape index (κ2) is 10.5. The Morgan fingerprint density at radius 3 is 2.91 bits per heavy atom. The first-order chi connectivity index (χ1) is 14.8. The van der Waals surface area contributed by atoms with Gasteiger partial charge in [0.25, 0.3) is 5.91 Å². The van der Waals surface area contributed by atoms with Crippen LogP contribution < -0.4 is 45.7 Å². The molecule has 3 aliphatic rings. The van der Waals surface area contributed by atoms with Gasteiger partial charge >= 0.3 is 29.6 Å². The summed E-state index contributed by atoms with van der Waals surface area (Å²) in [6.07, 6.45) is 1.86. The molecule has 4 atom stereocenters. The number of ether oxygens (including phenoxy) is 1. The molecule has 0 aromatic carbocycles. The van der Waals surface area contributed by atoms with E-state index in [-0.39, 0.29) is 64.5 Å². The van der Waals surface area contributed by atoms with Crippen molar-refractivity contribution in [3.05, 3.63) is 11.1 Å². The summed E-state index contributed by atoms with van der Waals surface area (Å²) < 4.78 is 4.34. The minimum absolute atomic E-state index is 0. The van der Waals surface area contributed by atoms with Gasteiger partial charge in [-0.1, -0.05) is 5.16 Å². The Hall–Kier alpha value is -1.03. The number of nitrogens with zero attached hydrogens (tertiary/aromatic N) is 3. The number of nitrogens with one attached hydrogen (secondary N) is 1. The first kappa shape index (κ1) is 25.6. The molecule has 168 valence electrons. The molecule has 4 N–H and O–H groups in total. The Bertz CT molecular complexity index is 926. The number of oxime groups is 1. The number of nitrogens with two attached hydrogens (primary N) is 1. The fraction of sp³-hybridized carbons (Fsp3) is 0.588. The van der Waals surface area contributed by atoms with E-state index in [0.29, 0.717) is 12.4 Å². The second-order valence-electron chi connectivity index (χ2n) is 7.37. The van der Waals surface area contributed by atoms with Crippen molar-refractivity contribution in [3.8, 4) is 0 Å². The van der Waals surface area contributed by atoms with Crippen molar-refractivity contribution < 1.29 is 59.0 Å². The molecule has 2 amide bonds. The van der Waals surface area contributed by atoms with Crippen LogP contribution in [0.15, 0.2) is 10.5 Å². The topological polar surface area (TPSA) is 170 Å². The number of carboxylic acid groups (broad SMARTS) is 1. The molecular weight excluding hydrogens is 489 g/mol. The fourth-order valence-electron chi connectivity index (χ4n) is 3.67. The van der Waals surface area contributed by atoms with Crippen molar-refractivity contribution in [2.75, 3.05) is 30.4 Å². The van der Waals surface area contributed by atoms with Gasteiger partial charge in [0.2, 0.25) is 5.91 Å². The van der Waals surface area contributed by atoms with Crippen LogP contribution in [0.1, 0.15) is 18.5 Å². The van der Waals surface area contributed by atoms with Crippen LogP contribution in [-0.2, 0) is 19.1 Å². The minimum atomic E-state index is -1.23. The molecule has 3 aliphatic heterocycles. The van der Waals surface area contributed by atoms with Crippen LogP contribution >= 0.6 is 34.9 Å². The van der Waals surface area contributed by atoms with Crippen LogP contribution in [0.25, 0.3) is 0 Å². The van der Waals surface area contributed by atoms with E-state index in [0.717, 1.165) is 24.2 Å². The molecule has 4 rings (SSSR count). The number of hydrogen-bond acceptors (Lipinski definition) is 12. The summed E-state index contributed by atoms with van der Waals surface area (Å²) in [5, 5.41) is 28.0. The van der Waals surface area contributed by atoms with Crippen LogP contribution in [0, 0.1) is 0 Å². The van der Waals surface area contributed by atoms with Gasteiger partial charge < -0.3 is 35.8 Å². The number of thioether (sulfide) groups is 2. The molecule has 3 fully saturated rings. The molecule has 11 nitrogen and oxygen atoms in total. The number of nitrogen functional groups attached to an aromatic ring is 1. The van der Waals surface area contributed by atoms with E-state index in [4.69, 9.17) is 10.5 Å². The summed E-state index contributed by atoms with van der Waals surface area (Å²) in [7, 11) is 0. The van der Waals surface area contributed by atoms with E-state index < -0.39 is 33.9 Å². The Morgan fingerprint density at radius 2 is 2.31 bits per heavy atom. The number of carbonyl (C=O) groups excluding carboxylic acids is 3. The molecule has 1 aromatic rings. The normalized spacial score (nSPS) is 29.6. The summed E-state index contributed by atoms with van der Waals surface area (Å²) >= 11 is 3.61. The Kier molecular flexibility index (Phi) is 8.39. The van der Waals surface area contributed by atoms with Gasteiger partial charge in [-0.3, -0.25) is 9.59 Å². The fourth-order valence-corrected chi connectivity index (χ4v) is 7.25. The summed E-state index contributed by atoms with van der Waals surface area (Å²) in [5.41, 5.74) is 5.30. The molecule has 0 bridgehead atoms. The standard InChI is InChI=1S/C17H21N5O6S3.Na/c18-16-19-9(5-29-16)10(21-27)12(23)20-11-13(24)22-6-17(15(25)26,7-30-14(11)22)31-4-8-2-1-3-28-8;/h5,8,11,14,27H,1-4,6-7H2,(H2,18,19)(H,20,23)(H,25,26);/q;+1/p-1/t8?,11?,14-,17?;/m1./s1. The first-order valence-electron chi connectivity index (χ1n) is 9.48. The summed E-state index contributed by atoms with van der Waals surface area (Å²) in [6.45, 7) is 0.679. The van der Waals surface area contributed by atoms with Gasteiger partial charge in [0, 0.05) is 30.0 Å². The van der Waals surface area contributed by atoms with Crippen LogP contribution in [0.4, 0.5) is 5.13 Å². The average Bonchev–Trinajstić information content (AvgIpc) is 3.42. The van der Waals surface area contributed by atoms with Gasteiger partial charge in [-0.25, -0.2) is 4.98 Å². The molecular formula is C17H20N5NaO6S3. The number of carboxylic acids is 1. The van der Waals surface area contributed by atoms with Gasteiger partial charge in [0.15, 0.2) is 10.8 Å². The van der Waals surface area contributed by atoms with Gasteiger partial charge in [-0.2, -0.15) is 0 Å². The Balaban J connectivity index is 0.00000289. The van der Waals surface area contributed by atoms with Crippen LogP contribution in [-0.4, -0.2) is 85.5 Å². The molecule has 3 unspecified atom stereocenters. The molecule has 0 spiro atoms. The number of hydrogen-bond donors (Lipinski definition) is 3. The summed E-state index contributed by atoms with van der Waals surface area (Å²) in [5.74, 6) is -1.62. The predicted molar refractivity (Wildman–Crippen MR) is 114 cm³/mol. The average molecular weight is 510 g/mol. The SMILES string of the molecule is Nc1nc(C(=NO)C(=O)NC2C(=O)N3CC(SCC4CCCO4)(C(=O)[O-])CS[C@H]23)cs1.[Na+]. The van der Waals surface area contributed by atoms with Crippen molar-refractivity contribution in [3.63, 3.8) is 0 Å². The van der Waals surface area contributed by atoms with Crippen LogP contribution in [0.5, 0.6) is 0 Å². The molecule has 32 heavy (non-hydrogen) atoms. The van der Waals surface area contributed by atoms with Gasteiger partial charge in [0.05, 0.1) is 16.8 Å². The minimum Gasteiger partial charge on any atom is -0.549 e. The zero-order chi connectivity index (χ0) is 22.2. The third kappa shape index (κ3) is 4.91. The number of anilines is 1. The molecule has 0 radical (unpaired) electrons. The maximum Gasteiger partial charge on any atom is 1.00 e. The molecule has 4 heterocycles. The van der Waals surface area contributed by atoms with Gasteiger partial charge in [0.1, 0.15) is 17.1 Å². The predicted octanol–water partition coefficient (Wildman–Crippen LogP) is -4.29. The largest absolute Gasteiger partial charge is 1.00 e. The number of carbonyl (C=O) groups is 3. The number of rotatable bonds is 7. The van der Waals surface area contributed by atoms with E-state index in [2.05, 4.69) is 15.5 Å². The van der Waals surface area contributed by atoms with Crippen LogP contribution in [0.3, 0.4) is 0 Å². The zero-order valence-corrected chi connectivity index (χ0v) is 21.6. The first-order valence-corrected chi connectivity index (χ1v) is 12.4. The molecule has 3 saturated heterocycles. The maximum absolute atomic E-state index is 12.7. The third-order valence-electron chi connectivity index (χ3n) is 5.36. The number of amides is 2. The van der Waals surface area contributed by atoms with Crippen molar-refractivity contribution in [1.29, 1.82) is 0 Å².